The first-order valence-electron chi connectivity index (χ1n) is 9.23. The molecule has 0 saturated heterocycles. The zero-order valence-corrected chi connectivity index (χ0v) is 16.0. The highest BCUT2D eigenvalue weighted by atomic mass is 19.1. The van der Waals surface area contributed by atoms with Crippen molar-refractivity contribution in [2.45, 2.75) is 6.61 Å². The molecule has 31 heavy (non-hydrogen) atoms. The number of aliphatic imine (C=N–C) groups is 1. The fourth-order valence-electron chi connectivity index (χ4n) is 2.82. The largest absolute Gasteiger partial charge is 0.489 e. The van der Waals surface area contributed by atoms with Crippen LogP contribution in [0.3, 0.4) is 0 Å². The van der Waals surface area contributed by atoms with Crippen molar-refractivity contribution in [1.29, 1.82) is 0 Å². The number of carbonyl (C=O) groups excluding carboxylic acids is 1. The Morgan fingerprint density at radius 3 is 2.32 bits per heavy atom. The van der Waals surface area contributed by atoms with E-state index in [0.29, 0.717) is 11.3 Å². The molecule has 0 fully saturated rings. The highest BCUT2D eigenvalue weighted by Crippen LogP contribution is 2.21. The van der Waals surface area contributed by atoms with Crippen LogP contribution >= 0.6 is 0 Å². The molecule has 3 aromatic rings. The molecule has 0 saturated carbocycles. The Morgan fingerprint density at radius 2 is 1.68 bits per heavy atom. The summed E-state index contributed by atoms with van der Waals surface area (Å²) in [5, 5.41) is 10.7. The topological polar surface area (TPSA) is 91.0 Å². The van der Waals surface area contributed by atoms with Gasteiger partial charge >= 0.3 is 5.97 Å². The van der Waals surface area contributed by atoms with Gasteiger partial charge in [-0.25, -0.2) is 14.2 Å². The molecule has 7 nitrogen and oxygen atoms in total. The molecule has 4 rings (SSSR count). The Labute approximate surface area is 176 Å². The molecule has 0 aromatic heterocycles. The number of nitrogens with zero attached hydrogens (tertiary/aromatic N) is 2. The Hall–Kier alpha value is -4.33. The Balaban J connectivity index is 1.41. The van der Waals surface area contributed by atoms with Crippen molar-refractivity contribution >= 4 is 23.6 Å². The molecule has 0 bridgehead atoms. The summed E-state index contributed by atoms with van der Waals surface area (Å²) in [6, 6.07) is 18.6. The number of benzene rings is 3. The lowest BCUT2D eigenvalue weighted by Crippen LogP contribution is -2.05. The molecular formula is C23H15FN2O5. The second-order valence-electron chi connectivity index (χ2n) is 6.62. The van der Waals surface area contributed by atoms with E-state index in [1.54, 1.807) is 42.5 Å². The van der Waals surface area contributed by atoms with Crippen LogP contribution in [0.25, 0.3) is 6.08 Å². The van der Waals surface area contributed by atoms with Crippen LogP contribution in [0.4, 0.5) is 10.1 Å². The number of hydrogen-bond acceptors (Lipinski definition) is 6. The number of hydrogen-bond donors (Lipinski definition) is 0. The zero-order chi connectivity index (χ0) is 21.8. The number of nitro benzene ring substituents is 1. The van der Waals surface area contributed by atoms with E-state index < -0.39 is 10.9 Å². The molecule has 1 aliphatic rings. The van der Waals surface area contributed by atoms with E-state index >= 15 is 0 Å². The van der Waals surface area contributed by atoms with Crippen LogP contribution < -0.4 is 4.74 Å². The van der Waals surface area contributed by atoms with Gasteiger partial charge in [0.05, 0.1) is 4.92 Å². The van der Waals surface area contributed by atoms with Gasteiger partial charge in [0.25, 0.3) is 5.69 Å². The van der Waals surface area contributed by atoms with Gasteiger partial charge in [0.1, 0.15) is 18.2 Å². The molecule has 0 unspecified atom stereocenters. The summed E-state index contributed by atoms with van der Waals surface area (Å²) < 4.78 is 23.9. The molecule has 0 aliphatic carbocycles. The summed E-state index contributed by atoms with van der Waals surface area (Å²) in [5.41, 5.74) is 2.19. The first-order chi connectivity index (χ1) is 15.0. The van der Waals surface area contributed by atoms with Crippen molar-refractivity contribution in [3.8, 4) is 5.75 Å². The number of halogens is 1. The SMILES string of the molecule is O=C1OC(c2ccc(F)cc2)=NC1=Cc1ccc(OCc2ccc([N+](=O)[O-])cc2)cc1. The molecule has 1 aliphatic heterocycles. The quantitative estimate of drug-likeness (QED) is 0.251. The molecule has 0 N–H and O–H groups in total. The predicted molar refractivity (Wildman–Crippen MR) is 111 cm³/mol. The predicted octanol–water partition coefficient (Wildman–Crippen LogP) is 4.66. The average Bonchev–Trinajstić information content (AvgIpc) is 3.14. The fraction of sp³-hybridized carbons (Fsp3) is 0.0435. The summed E-state index contributed by atoms with van der Waals surface area (Å²) in [6.07, 6.45) is 1.58. The number of nitro groups is 1. The minimum Gasteiger partial charge on any atom is -0.489 e. The van der Waals surface area contributed by atoms with Crippen LogP contribution in [0.15, 0.2) is 83.5 Å². The van der Waals surface area contributed by atoms with Crippen LogP contribution in [0, 0.1) is 15.9 Å². The maximum atomic E-state index is 13.0. The zero-order valence-electron chi connectivity index (χ0n) is 16.0. The maximum Gasteiger partial charge on any atom is 0.363 e. The van der Waals surface area contributed by atoms with Crippen LogP contribution in [0.1, 0.15) is 16.7 Å². The molecule has 0 amide bonds. The highest BCUT2D eigenvalue weighted by molar-refractivity contribution is 6.12. The van der Waals surface area contributed by atoms with Crippen molar-refractivity contribution in [1.82, 2.24) is 0 Å². The highest BCUT2D eigenvalue weighted by Gasteiger charge is 2.24. The van der Waals surface area contributed by atoms with E-state index in [-0.39, 0.29) is 29.7 Å². The van der Waals surface area contributed by atoms with Crippen LogP contribution in [0.2, 0.25) is 0 Å². The lowest BCUT2D eigenvalue weighted by atomic mass is 10.2. The van der Waals surface area contributed by atoms with E-state index in [1.807, 2.05) is 0 Å². The van der Waals surface area contributed by atoms with E-state index in [4.69, 9.17) is 9.47 Å². The Kier molecular flexibility index (Phi) is 5.53. The lowest BCUT2D eigenvalue weighted by molar-refractivity contribution is -0.384. The number of esters is 1. The molecular weight excluding hydrogens is 403 g/mol. The van der Waals surface area contributed by atoms with Crippen LogP contribution in [-0.2, 0) is 16.1 Å². The van der Waals surface area contributed by atoms with Crippen molar-refractivity contribution in [3.63, 3.8) is 0 Å². The van der Waals surface area contributed by atoms with Gasteiger partial charge in [-0.15, -0.1) is 0 Å². The lowest BCUT2D eigenvalue weighted by Gasteiger charge is -2.06. The number of rotatable bonds is 6. The third-order valence-electron chi connectivity index (χ3n) is 4.45. The van der Waals surface area contributed by atoms with Gasteiger partial charge in [-0.05, 0) is 65.7 Å². The number of carbonyl (C=O) groups is 1. The van der Waals surface area contributed by atoms with Gasteiger partial charge < -0.3 is 9.47 Å². The van der Waals surface area contributed by atoms with Gasteiger partial charge in [-0.1, -0.05) is 12.1 Å². The normalized spacial score (nSPS) is 14.3. The van der Waals surface area contributed by atoms with Gasteiger partial charge in [0.2, 0.25) is 5.90 Å². The van der Waals surface area contributed by atoms with E-state index in [2.05, 4.69) is 4.99 Å². The fourth-order valence-corrected chi connectivity index (χ4v) is 2.82. The summed E-state index contributed by atoms with van der Waals surface area (Å²) in [6.45, 7) is 0.260. The Morgan fingerprint density at radius 1 is 1.00 bits per heavy atom. The van der Waals surface area contributed by atoms with Crippen molar-refractivity contribution in [2.75, 3.05) is 0 Å². The molecule has 8 heteroatoms. The van der Waals surface area contributed by atoms with Crippen LogP contribution in [-0.4, -0.2) is 16.8 Å². The monoisotopic (exact) mass is 418 g/mol. The van der Waals surface area contributed by atoms with Crippen molar-refractivity contribution in [2.24, 2.45) is 4.99 Å². The summed E-state index contributed by atoms with van der Waals surface area (Å²) in [7, 11) is 0. The second kappa shape index (κ2) is 8.58. The number of cyclic esters (lactones) is 1. The molecule has 1 heterocycles. The van der Waals surface area contributed by atoms with Crippen molar-refractivity contribution in [3.05, 3.63) is 111 Å². The van der Waals surface area contributed by atoms with E-state index in [0.717, 1.165) is 11.1 Å². The van der Waals surface area contributed by atoms with Gasteiger partial charge in [-0.3, -0.25) is 10.1 Å². The molecule has 0 spiro atoms. The smallest absolute Gasteiger partial charge is 0.363 e. The standard InChI is InChI=1S/C23H15FN2O5/c24-18-7-5-17(6-8-18)22-25-21(23(27)31-22)13-15-3-11-20(12-4-15)30-14-16-1-9-19(10-2-16)26(28)29/h1-13H,14H2. The van der Waals surface area contributed by atoms with Gasteiger partial charge in [0, 0.05) is 17.7 Å². The minimum absolute atomic E-state index is 0.0248. The molecule has 154 valence electrons. The maximum absolute atomic E-state index is 13.0. The molecule has 0 atom stereocenters. The third-order valence-corrected chi connectivity index (χ3v) is 4.45. The summed E-state index contributed by atoms with van der Waals surface area (Å²) >= 11 is 0. The second-order valence-corrected chi connectivity index (χ2v) is 6.62. The van der Waals surface area contributed by atoms with Gasteiger partial charge in [0.15, 0.2) is 5.70 Å². The van der Waals surface area contributed by atoms with E-state index in [9.17, 15) is 19.3 Å². The van der Waals surface area contributed by atoms with Gasteiger partial charge in [-0.2, -0.15) is 0 Å². The number of non-ortho nitro benzene ring substituents is 1. The number of ether oxygens (including phenoxy) is 2. The van der Waals surface area contributed by atoms with Crippen LogP contribution in [0.5, 0.6) is 5.75 Å². The van der Waals surface area contributed by atoms with Crippen molar-refractivity contribution < 1.29 is 23.6 Å². The first kappa shape index (κ1) is 20.0. The molecule has 3 aromatic carbocycles. The first-order valence-corrected chi connectivity index (χ1v) is 9.23. The average molecular weight is 418 g/mol. The molecule has 0 radical (unpaired) electrons. The summed E-state index contributed by atoms with van der Waals surface area (Å²) in [5.74, 6) is -0.248. The summed E-state index contributed by atoms with van der Waals surface area (Å²) in [4.78, 5) is 26.5. The Bertz CT molecular complexity index is 1180. The van der Waals surface area contributed by atoms with E-state index in [1.165, 1.54) is 36.4 Å². The minimum atomic E-state index is -0.585. The third kappa shape index (κ3) is 4.81.